The fourth-order valence-corrected chi connectivity index (χ4v) is 5.20. The number of aryl methyl sites for hydroxylation is 1. The summed E-state index contributed by atoms with van der Waals surface area (Å²) in [5.74, 6) is 0. The number of nitrogens with zero attached hydrogens (tertiary/aromatic N) is 1. The molecule has 0 amide bonds. The molecule has 1 aliphatic carbocycles. The summed E-state index contributed by atoms with van der Waals surface area (Å²) in [5.41, 5.74) is 5.59. The Bertz CT molecular complexity index is 535. The molecule has 7 heteroatoms. The molecular formula is C12H20N2O3S2. The van der Waals surface area contributed by atoms with Gasteiger partial charge in [0.15, 0.2) is 0 Å². The molecule has 1 aliphatic rings. The van der Waals surface area contributed by atoms with Crippen LogP contribution < -0.4 is 5.73 Å². The van der Waals surface area contributed by atoms with Crippen molar-refractivity contribution in [3.05, 3.63) is 15.8 Å². The lowest BCUT2D eigenvalue weighted by Gasteiger charge is -2.21. The number of hydrogen-bond acceptors (Lipinski definition) is 5. The van der Waals surface area contributed by atoms with Gasteiger partial charge in [-0.05, 0) is 25.8 Å². The highest BCUT2D eigenvalue weighted by atomic mass is 32.2. The Labute approximate surface area is 118 Å². The predicted molar refractivity (Wildman–Crippen MR) is 75.7 cm³/mol. The fraction of sp³-hybridized carbons (Fsp3) is 0.667. The Morgan fingerprint density at radius 1 is 1.53 bits per heavy atom. The van der Waals surface area contributed by atoms with Crippen LogP contribution in [0.5, 0.6) is 0 Å². The summed E-state index contributed by atoms with van der Waals surface area (Å²) in [4.78, 5) is 2.11. The van der Waals surface area contributed by atoms with Crippen molar-refractivity contribution in [2.75, 3.05) is 20.3 Å². The lowest BCUT2D eigenvalue weighted by atomic mass is 10.4. The fourth-order valence-electron chi connectivity index (χ4n) is 2.05. The van der Waals surface area contributed by atoms with E-state index in [0.29, 0.717) is 24.6 Å². The van der Waals surface area contributed by atoms with Crippen molar-refractivity contribution < 1.29 is 13.2 Å². The van der Waals surface area contributed by atoms with Crippen LogP contribution in [0, 0.1) is 6.92 Å². The molecule has 0 aromatic carbocycles. The van der Waals surface area contributed by atoms with E-state index in [0.717, 1.165) is 22.6 Å². The van der Waals surface area contributed by atoms with Crippen molar-refractivity contribution in [1.82, 2.24) is 4.31 Å². The van der Waals surface area contributed by atoms with Gasteiger partial charge in [-0.1, -0.05) is 0 Å². The lowest BCUT2D eigenvalue weighted by molar-refractivity contribution is 0.177. The van der Waals surface area contributed by atoms with Crippen LogP contribution in [0.4, 0.5) is 0 Å². The number of ether oxygens (including phenoxy) is 1. The second-order valence-corrected chi connectivity index (χ2v) is 7.88. The van der Waals surface area contributed by atoms with Crippen molar-refractivity contribution in [2.24, 2.45) is 5.73 Å². The molecule has 0 bridgehead atoms. The second-order valence-electron chi connectivity index (χ2n) is 4.68. The Hall–Kier alpha value is -0.470. The van der Waals surface area contributed by atoms with Gasteiger partial charge in [-0.25, -0.2) is 8.42 Å². The van der Waals surface area contributed by atoms with Crippen LogP contribution in [0.2, 0.25) is 0 Å². The zero-order valence-corrected chi connectivity index (χ0v) is 12.9. The summed E-state index contributed by atoms with van der Waals surface area (Å²) in [5, 5.41) is 0. The van der Waals surface area contributed by atoms with Crippen LogP contribution in [0.15, 0.2) is 11.0 Å². The van der Waals surface area contributed by atoms with Gasteiger partial charge in [0.05, 0.1) is 11.5 Å². The minimum Gasteiger partial charge on any atom is -0.383 e. The van der Waals surface area contributed by atoms with E-state index in [4.69, 9.17) is 10.5 Å². The molecule has 1 fully saturated rings. The van der Waals surface area contributed by atoms with Gasteiger partial charge in [-0.3, -0.25) is 0 Å². The van der Waals surface area contributed by atoms with Crippen molar-refractivity contribution in [3.63, 3.8) is 0 Å². The first-order valence-corrected chi connectivity index (χ1v) is 8.56. The molecule has 0 atom stereocenters. The highest BCUT2D eigenvalue weighted by Crippen LogP contribution is 2.35. The molecule has 0 aliphatic heterocycles. The van der Waals surface area contributed by atoms with Gasteiger partial charge in [-0.2, -0.15) is 4.31 Å². The molecule has 1 heterocycles. The summed E-state index contributed by atoms with van der Waals surface area (Å²) in [6, 6.07) is 1.85. The summed E-state index contributed by atoms with van der Waals surface area (Å²) >= 11 is 1.45. The standard InChI is InChI=1S/C12H20N2O3S2/c1-9-12(7-11(8-13)18-9)19(15,16)14(5-6-17-2)10-3-4-10/h7,10H,3-6,8,13H2,1-2H3. The van der Waals surface area contributed by atoms with Gasteiger partial charge < -0.3 is 10.5 Å². The molecule has 1 saturated carbocycles. The van der Waals surface area contributed by atoms with Crippen LogP contribution in [0.1, 0.15) is 22.6 Å². The van der Waals surface area contributed by atoms with E-state index in [1.54, 1.807) is 17.5 Å². The van der Waals surface area contributed by atoms with Gasteiger partial charge in [-0.15, -0.1) is 11.3 Å². The van der Waals surface area contributed by atoms with Gasteiger partial charge in [0.1, 0.15) is 0 Å². The number of rotatable bonds is 7. The molecule has 1 aromatic heterocycles. The third-order valence-electron chi connectivity index (χ3n) is 3.18. The van der Waals surface area contributed by atoms with Crippen LogP contribution in [-0.4, -0.2) is 39.0 Å². The summed E-state index contributed by atoms with van der Waals surface area (Å²) < 4.78 is 32.0. The number of thiophene rings is 1. The molecular weight excluding hydrogens is 284 g/mol. The first-order valence-electron chi connectivity index (χ1n) is 6.31. The zero-order valence-electron chi connectivity index (χ0n) is 11.3. The van der Waals surface area contributed by atoms with Crippen LogP contribution >= 0.6 is 11.3 Å². The maximum absolute atomic E-state index is 12.7. The molecule has 1 aromatic rings. The maximum Gasteiger partial charge on any atom is 0.244 e. The molecule has 0 spiro atoms. The van der Waals surface area contributed by atoms with E-state index < -0.39 is 10.0 Å². The first-order chi connectivity index (χ1) is 9.00. The van der Waals surface area contributed by atoms with E-state index in [-0.39, 0.29) is 6.04 Å². The minimum atomic E-state index is -3.42. The normalized spacial score (nSPS) is 16.2. The average Bonchev–Trinajstić information content (AvgIpc) is 3.11. The van der Waals surface area contributed by atoms with Crippen molar-refractivity contribution in [1.29, 1.82) is 0 Å². The molecule has 19 heavy (non-hydrogen) atoms. The molecule has 0 saturated heterocycles. The van der Waals surface area contributed by atoms with Gasteiger partial charge >= 0.3 is 0 Å². The largest absolute Gasteiger partial charge is 0.383 e. The molecule has 2 N–H and O–H groups in total. The number of nitrogens with two attached hydrogens (primary N) is 1. The Balaban J connectivity index is 2.30. The van der Waals surface area contributed by atoms with E-state index in [1.165, 1.54) is 11.3 Å². The van der Waals surface area contributed by atoms with Crippen LogP contribution in [0.25, 0.3) is 0 Å². The second kappa shape index (κ2) is 5.88. The average molecular weight is 304 g/mol. The van der Waals surface area contributed by atoms with E-state index in [2.05, 4.69) is 0 Å². The molecule has 0 unspecified atom stereocenters. The molecule has 108 valence electrons. The van der Waals surface area contributed by atoms with E-state index in [1.807, 2.05) is 6.92 Å². The van der Waals surface area contributed by atoms with Crippen molar-refractivity contribution >= 4 is 21.4 Å². The van der Waals surface area contributed by atoms with Crippen molar-refractivity contribution in [2.45, 2.75) is 37.2 Å². The van der Waals surface area contributed by atoms with Gasteiger partial charge in [0.25, 0.3) is 0 Å². The third-order valence-corrected chi connectivity index (χ3v) is 6.46. The van der Waals surface area contributed by atoms with Gasteiger partial charge in [0.2, 0.25) is 10.0 Å². The Morgan fingerprint density at radius 2 is 2.21 bits per heavy atom. The highest BCUT2D eigenvalue weighted by molar-refractivity contribution is 7.89. The number of hydrogen-bond donors (Lipinski definition) is 1. The maximum atomic E-state index is 12.7. The van der Waals surface area contributed by atoms with E-state index >= 15 is 0 Å². The smallest absolute Gasteiger partial charge is 0.244 e. The Morgan fingerprint density at radius 3 is 2.68 bits per heavy atom. The molecule has 5 nitrogen and oxygen atoms in total. The summed E-state index contributed by atoms with van der Waals surface area (Å²) in [6.07, 6.45) is 1.88. The number of methoxy groups -OCH3 is 1. The summed E-state index contributed by atoms with van der Waals surface area (Å²) in [6.45, 7) is 3.04. The number of sulfonamides is 1. The van der Waals surface area contributed by atoms with Crippen LogP contribution in [0.3, 0.4) is 0 Å². The monoisotopic (exact) mass is 304 g/mol. The quantitative estimate of drug-likeness (QED) is 0.824. The molecule has 0 radical (unpaired) electrons. The predicted octanol–water partition coefficient (Wildman–Crippen LogP) is 1.31. The SMILES string of the molecule is COCCN(C1CC1)S(=O)(=O)c1cc(CN)sc1C. The first kappa shape index (κ1) is 14.9. The van der Waals surface area contributed by atoms with E-state index in [9.17, 15) is 8.42 Å². The van der Waals surface area contributed by atoms with Crippen LogP contribution in [-0.2, 0) is 21.3 Å². The molecule has 2 rings (SSSR count). The lowest BCUT2D eigenvalue weighted by Crippen LogP contribution is -2.35. The minimum absolute atomic E-state index is 0.140. The highest BCUT2D eigenvalue weighted by Gasteiger charge is 2.38. The topological polar surface area (TPSA) is 72.6 Å². The zero-order chi connectivity index (χ0) is 14.0. The summed E-state index contributed by atoms with van der Waals surface area (Å²) in [7, 11) is -1.84. The third kappa shape index (κ3) is 3.17. The van der Waals surface area contributed by atoms with Crippen molar-refractivity contribution in [3.8, 4) is 0 Å². The Kier molecular flexibility index (Phi) is 4.62. The van der Waals surface area contributed by atoms with Gasteiger partial charge in [0, 0.05) is 36.0 Å².